The van der Waals surface area contributed by atoms with E-state index < -0.39 is 10.1 Å². The third-order valence-corrected chi connectivity index (χ3v) is 4.46. The Morgan fingerprint density at radius 2 is 1.94 bits per heavy atom. The molecular formula is C12H9NO3S2. The van der Waals surface area contributed by atoms with Crippen molar-refractivity contribution < 1.29 is 12.6 Å². The summed E-state index contributed by atoms with van der Waals surface area (Å²) < 4.78 is 29.0. The third-order valence-electron chi connectivity index (χ3n) is 2.24. The van der Waals surface area contributed by atoms with Gasteiger partial charge < -0.3 is 4.18 Å². The minimum atomic E-state index is -3.88. The molecule has 0 radical (unpaired) electrons. The number of nitriles is 1. The number of hydrogen-bond donors (Lipinski definition) is 0. The number of aryl methyl sites for hydroxylation is 1. The van der Waals surface area contributed by atoms with Crippen LogP contribution in [0.3, 0.4) is 0 Å². The summed E-state index contributed by atoms with van der Waals surface area (Å²) in [7, 11) is -3.88. The largest absolute Gasteiger partial charge is 0.376 e. The molecule has 0 N–H and O–H groups in total. The second-order valence-electron chi connectivity index (χ2n) is 3.54. The molecule has 6 heteroatoms. The first-order valence-electron chi connectivity index (χ1n) is 5.02. The summed E-state index contributed by atoms with van der Waals surface area (Å²) in [4.78, 5) is 0.325. The highest BCUT2D eigenvalue weighted by molar-refractivity contribution is 7.87. The van der Waals surface area contributed by atoms with Crippen molar-refractivity contribution in [2.75, 3.05) is 0 Å². The SMILES string of the molecule is Cc1csc(C#N)c1OS(=O)(=O)c1ccccc1. The topological polar surface area (TPSA) is 67.2 Å². The molecule has 2 rings (SSSR count). The Labute approximate surface area is 109 Å². The van der Waals surface area contributed by atoms with Crippen molar-refractivity contribution in [3.05, 3.63) is 46.2 Å². The Kier molecular flexibility index (Phi) is 3.36. The van der Waals surface area contributed by atoms with E-state index in [-0.39, 0.29) is 15.5 Å². The molecule has 1 heterocycles. The van der Waals surface area contributed by atoms with Gasteiger partial charge in [0.15, 0.2) is 5.75 Å². The van der Waals surface area contributed by atoms with Gasteiger partial charge in [0.05, 0.1) is 0 Å². The number of hydrogen-bond acceptors (Lipinski definition) is 5. The molecule has 0 saturated heterocycles. The van der Waals surface area contributed by atoms with Gasteiger partial charge in [-0.15, -0.1) is 11.3 Å². The van der Waals surface area contributed by atoms with Crippen LogP contribution in [0.5, 0.6) is 5.75 Å². The van der Waals surface area contributed by atoms with Crippen LogP contribution in [-0.4, -0.2) is 8.42 Å². The average molecular weight is 279 g/mol. The molecule has 0 aliphatic rings. The maximum Gasteiger partial charge on any atom is 0.339 e. The van der Waals surface area contributed by atoms with Crippen LogP contribution in [0.2, 0.25) is 0 Å². The molecule has 0 saturated carbocycles. The van der Waals surface area contributed by atoms with Gasteiger partial charge in [-0.25, -0.2) is 0 Å². The molecule has 0 unspecified atom stereocenters. The standard InChI is InChI=1S/C12H9NO3S2/c1-9-8-17-11(7-13)12(9)16-18(14,15)10-5-3-2-4-6-10/h2-6,8H,1H3. The highest BCUT2D eigenvalue weighted by Gasteiger charge is 2.20. The smallest absolute Gasteiger partial charge is 0.339 e. The maximum atomic E-state index is 12.0. The van der Waals surface area contributed by atoms with Crippen molar-refractivity contribution in [2.45, 2.75) is 11.8 Å². The average Bonchev–Trinajstić information content (AvgIpc) is 2.71. The molecule has 0 bridgehead atoms. The molecule has 2 aromatic rings. The Morgan fingerprint density at radius 3 is 2.56 bits per heavy atom. The van der Waals surface area contributed by atoms with Crippen molar-refractivity contribution in [2.24, 2.45) is 0 Å². The molecule has 0 aliphatic carbocycles. The van der Waals surface area contributed by atoms with Crippen molar-refractivity contribution in [1.82, 2.24) is 0 Å². The van der Waals surface area contributed by atoms with Crippen LogP contribution >= 0.6 is 11.3 Å². The van der Waals surface area contributed by atoms with E-state index in [1.807, 2.05) is 6.07 Å². The lowest BCUT2D eigenvalue weighted by molar-refractivity contribution is 0.485. The van der Waals surface area contributed by atoms with Gasteiger partial charge >= 0.3 is 10.1 Å². The van der Waals surface area contributed by atoms with Crippen LogP contribution < -0.4 is 4.18 Å². The van der Waals surface area contributed by atoms with Gasteiger partial charge in [0.1, 0.15) is 15.8 Å². The van der Waals surface area contributed by atoms with E-state index in [1.165, 1.54) is 12.1 Å². The zero-order valence-electron chi connectivity index (χ0n) is 9.45. The van der Waals surface area contributed by atoms with Crippen molar-refractivity contribution in [1.29, 1.82) is 5.26 Å². The number of nitrogens with zero attached hydrogens (tertiary/aromatic N) is 1. The molecule has 0 fully saturated rings. The van der Waals surface area contributed by atoms with Gasteiger partial charge in [0.2, 0.25) is 0 Å². The molecule has 1 aromatic carbocycles. The monoisotopic (exact) mass is 279 g/mol. The first-order chi connectivity index (χ1) is 8.54. The highest BCUT2D eigenvalue weighted by atomic mass is 32.2. The van der Waals surface area contributed by atoms with Crippen LogP contribution in [0, 0.1) is 18.3 Å². The highest BCUT2D eigenvalue weighted by Crippen LogP contribution is 2.31. The van der Waals surface area contributed by atoms with Crippen LogP contribution in [0.4, 0.5) is 0 Å². The zero-order valence-corrected chi connectivity index (χ0v) is 11.1. The summed E-state index contributed by atoms with van der Waals surface area (Å²) in [6.07, 6.45) is 0. The lowest BCUT2D eigenvalue weighted by atomic mass is 10.3. The van der Waals surface area contributed by atoms with E-state index in [0.717, 1.165) is 11.3 Å². The Hall–Kier alpha value is -1.84. The van der Waals surface area contributed by atoms with E-state index in [1.54, 1.807) is 30.5 Å². The predicted octanol–water partition coefficient (Wildman–Crippen LogP) is 2.70. The van der Waals surface area contributed by atoms with Gasteiger partial charge in [-0.05, 0) is 24.4 Å². The van der Waals surface area contributed by atoms with Crippen LogP contribution in [0.1, 0.15) is 10.4 Å². The summed E-state index contributed by atoms with van der Waals surface area (Å²) in [6.45, 7) is 1.70. The van der Waals surface area contributed by atoms with Crippen LogP contribution in [0.25, 0.3) is 0 Å². The maximum absolute atomic E-state index is 12.0. The summed E-state index contributed by atoms with van der Waals surface area (Å²) >= 11 is 1.16. The third kappa shape index (κ3) is 2.37. The first-order valence-corrected chi connectivity index (χ1v) is 7.31. The minimum absolute atomic E-state index is 0.0690. The molecule has 0 spiro atoms. The van der Waals surface area contributed by atoms with Gasteiger partial charge in [-0.3, -0.25) is 0 Å². The van der Waals surface area contributed by atoms with E-state index in [0.29, 0.717) is 5.56 Å². The predicted molar refractivity (Wildman–Crippen MR) is 68.0 cm³/mol. The fourth-order valence-corrected chi connectivity index (χ4v) is 3.20. The van der Waals surface area contributed by atoms with Gasteiger partial charge in [0.25, 0.3) is 0 Å². The second kappa shape index (κ2) is 4.80. The molecule has 0 atom stereocenters. The molecule has 18 heavy (non-hydrogen) atoms. The first kappa shape index (κ1) is 12.6. The van der Waals surface area contributed by atoms with Crippen LogP contribution in [0.15, 0.2) is 40.6 Å². The van der Waals surface area contributed by atoms with E-state index in [9.17, 15) is 8.42 Å². The van der Waals surface area contributed by atoms with Gasteiger partial charge in [-0.1, -0.05) is 18.2 Å². The van der Waals surface area contributed by atoms with E-state index in [2.05, 4.69) is 0 Å². The summed E-state index contributed by atoms with van der Waals surface area (Å²) in [5.74, 6) is 0.117. The van der Waals surface area contributed by atoms with Crippen molar-refractivity contribution in [3.63, 3.8) is 0 Å². The molecule has 0 aliphatic heterocycles. The fraction of sp³-hybridized carbons (Fsp3) is 0.0833. The Balaban J connectivity index is 2.41. The van der Waals surface area contributed by atoms with Gasteiger partial charge in [-0.2, -0.15) is 13.7 Å². The summed E-state index contributed by atoms with van der Waals surface area (Å²) in [6, 6.07) is 9.76. The Morgan fingerprint density at radius 1 is 1.28 bits per heavy atom. The number of rotatable bonds is 3. The summed E-state index contributed by atoms with van der Waals surface area (Å²) in [5.41, 5.74) is 0.635. The molecule has 0 amide bonds. The molecule has 1 aromatic heterocycles. The number of thiophene rings is 1. The normalized spacial score (nSPS) is 10.9. The second-order valence-corrected chi connectivity index (χ2v) is 5.97. The minimum Gasteiger partial charge on any atom is -0.376 e. The lowest BCUT2D eigenvalue weighted by Gasteiger charge is -2.06. The number of benzene rings is 1. The van der Waals surface area contributed by atoms with Crippen LogP contribution in [-0.2, 0) is 10.1 Å². The summed E-state index contributed by atoms with van der Waals surface area (Å²) in [5, 5.41) is 10.6. The fourth-order valence-electron chi connectivity index (χ4n) is 1.36. The zero-order chi connectivity index (χ0) is 13.2. The Bertz CT molecular complexity index is 697. The van der Waals surface area contributed by atoms with Crippen molar-refractivity contribution in [3.8, 4) is 11.8 Å². The molecule has 92 valence electrons. The molecule has 4 nitrogen and oxygen atoms in total. The van der Waals surface area contributed by atoms with E-state index >= 15 is 0 Å². The van der Waals surface area contributed by atoms with Crippen molar-refractivity contribution >= 4 is 21.5 Å². The lowest BCUT2D eigenvalue weighted by Crippen LogP contribution is -2.10. The molecular weight excluding hydrogens is 270 g/mol. The van der Waals surface area contributed by atoms with Gasteiger partial charge in [0, 0.05) is 5.56 Å². The quantitative estimate of drug-likeness (QED) is 0.810. The van der Waals surface area contributed by atoms with E-state index in [4.69, 9.17) is 9.44 Å².